The Balaban J connectivity index is 1.58. The molecule has 0 N–H and O–H groups in total. The lowest BCUT2D eigenvalue weighted by Gasteiger charge is -2.12. The molecule has 2 aromatic carbocycles. The molecule has 3 aromatic rings. The maximum absolute atomic E-state index is 12.7. The minimum absolute atomic E-state index is 0.0861. The number of carbonyl (C=O) groups is 2. The highest BCUT2D eigenvalue weighted by Crippen LogP contribution is 2.23. The summed E-state index contributed by atoms with van der Waals surface area (Å²) in [6.45, 7) is 9.91. The van der Waals surface area contributed by atoms with Crippen LogP contribution in [-0.2, 0) is 9.53 Å². The molecule has 0 spiro atoms. The highest BCUT2D eigenvalue weighted by Gasteiger charge is 2.18. The lowest BCUT2D eigenvalue weighted by molar-refractivity contribution is -0.143. The number of aromatic nitrogens is 1. The number of ether oxygens (including phenoxy) is 2. The van der Waals surface area contributed by atoms with Gasteiger partial charge in [-0.3, -0.25) is 9.59 Å². The van der Waals surface area contributed by atoms with Crippen LogP contribution >= 0.6 is 0 Å². The molecule has 0 aliphatic rings. The van der Waals surface area contributed by atoms with Crippen LogP contribution in [0.15, 0.2) is 48.5 Å². The molecule has 0 aliphatic carbocycles. The largest absolute Gasteiger partial charge is 0.493 e. The van der Waals surface area contributed by atoms with E-state index in [2.05, 4.69) is 36.6 Å². The van der Waals surface area contributed by atoms with Crippen molar-refractivity contribution >= 4 is 11.8 Å². The van der Waals surface area contributed by atoms with Gasteiger partial charge in [0.1, 0.15) is 5.75 Å². The van der Waals surface area contributed by atoms with Crippen molar-refractivity contribution in [1.82, 2.24) is 4.57 Å². The molecule has 31 heavy (non-hydrogen) atoms. The van der Waals surface area contributed by atoms with Crippen LogP contribution in [0, 0.1) is 34.6 Å². The van der Waals surface area contributed by atoms with E-state index in [1.807, 2.05) is 51.1 Å². The fourth-order valence-corrected chi connectivity index (χ4v) is 3.70. The van der Waals surface area contributed by atoms with E-state index in [0.29, 0.717) is 11.3 Å². The van der Waals surface area contributed by atoms with Crippen LogP contribution in [0.25, 0.3) is 5.69 Å². The van der Waals surface area contributed by atoms with Crippen molar-refractivity contribution in [3.8, 4) is 11.4 Å². The first-order valence-corrected chi connectivity index (χ1v) is 10.4. The average molecular weight is 420 g/mol. The Bertz CT molecular complexity index is 1070. The monoisotopic (exact) mass is 419 g/mol. The van der Waals surface area contributed by atoms with Crippen molar-refractivity contribution in [2.75, 3.05) is 13.2 Å². The third-order valence-corrected chi connectivity index (χ3v) is 5.16. The molecule has 0 saturated heterocycles. The van der Waals surface area contributed by atoms with Crippen molar-refractivity contribution in [2.45, 2.75) is 41.0 Å². The average Bonchev–Trinajstić information content (AvgIpc) is 3.01. The first-order chi connectivity index (χ1) is 14.7. The summed E-state index contributed by atoms with van der Waals surface area (Å²) in [7, 11) is 0. The van der Waals surface area contributed by atoms with Crippen molar-refractivity contribution in [1.29, 1.82) is 0 Å². The highest BCUT2D eigenvalue weighted by atomic mass is 16.5. The van der Waals surface area contributed by atoms with Gasteiger partial charge in [0.15, 0.2) is 6.61 Å². The second-order valence-electron chi connectivity index (χ2n) is 7.96. The van der Waals surface area contributed by atoms with E-state index >= 15 is 0 Å². The SMILES string of the molecule is Cc1ccc(OCCC(=O)OCC(=O)c2cc(C)n(-c3cc(C)cc(C)c3)c2C)cc1. The molecule has 0 amide bonds. The van der Waals surface area contributed by atoms with E-state index in [9.17, 15) is 9.59 Å². The molecule has 162 valence electrons. The normalized spacial score (nSPS) is 10.7. The fourth-order valence-electron chi connectivity index (χ4n) is 3.70. The highest BCUT2D eigenvalue weighted by molar-refractivity contribution is 5.99. The summed E-state index contributed by atoms with van der Waals surface area (Å²) in [5.74, 6) is 0.0356. The number of carbonyl (C=O) groups excluding carboxylic acids is 2. The number of benzene rings is 2. The van der Waals surface area contributed by atoms with Gasteiger partial charge < -0.3 is 14.0 Å². The van der Waals surface area contributed by atoms with Crippen molar-refractivity contribution in [3.63, 3.8) is 0 Å². The van der Waals surface area contributed by atoms with E-state index in [0.717, 1.165) is 33.8 Å². The Morgan fingerprint density at radius 2 is 1.48 bits per heavy atom. The number of hydrogen-bond donors (Lipinski definition) is 0. The molecule has 1 heterocycles. The minimum atomic E-state index is -0.455. The summed E-state index contributed by atoms with van der Waals surface area (Å²) in [4.78, 5) is 24.7. The van der Waals surface area contributed by atoms with E-state index in [1.54, 1.807) is 0 Å². The summed E-state index contributed by atoms with van der Waals surface area (Å²) >= 11 is 0. The van der Waals surface area contributed by atoms with Gasteiger partial charge >= 0.3 is 5.97 Å². The van der Waals surface area contributed by atoms with Crippen LogP contribution in [0.1, 0.15) is 44.9 Å². The van der Waals surface area contributed by atoms with Gasteiger partial charge in [0.2, 0.25) is 5.78 Å². The van der Waals surface area contributed by atoms with Gasteiger partial charge in [0.05, 0.1) is 13.0 Å². The minimum Gasteiger partial charge on any atom is -0.493 e. The summed E-state index contributed by atoms with van der Waals surface area (Å²) in [6, 6.07) is 15.8. The Kier molecular flexibility index (Phi) is 6.95. The lowest BCUT2D eigenvalue weighted by atomic mass is 10.1. The van der Waals surface area contributed by atoms with Gasteiger partial charge in [-0.25, -0.2) is 0 Å². The molecule has 0 fully saturated rings. The molecular formula is C26H29NO4. The molecule has 5 heteroatoms. The predicted octanol–water partition coefficient (Wildman–Crippen LogP) is 5.21. The Morgan fingerprint density at radius 3 is 2.13 bits per heavy atom. The maximum Gasteiger partial charge on any atom is 0.309 e. The Hall–Kier alpha value is -3.34. The van der Waals surface area contributed by atoms with Gasteiger partial charge in [0.25, 0.3) is 0 Å². The van der Waals surface area contributed by atoms with Crippen LogP contribution in [-0.4, -0.2) is 29.5 Å². The van der Waals surface area contributed by atoms with Crippen LogP contribution in [0.5, 0.6) is 5.75 Å². The first-order valence-electron chi connectivity index (χ1n) is 10.4. The standard InChI is InChI=1S/C26H29NO4/c1-17-6-8-23(9-7-17)30-11-10-26(29)31-16-25(28)24-15-20(4)27(21(24)5)22-13-18(2)12-19(3)14-22/h6-9,12-15H,10-11,16H2,1-5H3. The molecule has 0 aliphatic heterocycles. The van der Waals surface area contributed by atoms with Crippen molar-refractivity contribution in [2.24, 2.45) is 0 Å². The molecule has 0 saturated carbocycles. The van der Waals surface area contributed by atoms with Gasteiger partial charge in [-0.2, -0.15) is 0 Å². The fraction of sp³-hybridized carbons (Fsp3) is 0.308. The summed E-state index contributed by atoms with van der Waals surface area (Å²) < 4.78 is 12.8. The van der Waals surface area contributed by atoms with Crippen LogP contribution < -0.4 is 4.74 Å². The zero-order chi connectivity index (χ0) is 22.5. The summed E-state index contributed by atoms with van der Waals surface area (Å²) in [5, 5.41) is 0. The topological polar surface area (TPSA) is 57.5 Å². The van der Waals surface area contributed by atoms with E-state index in [1.165, 1.54) is 0 Å². The van der Waals surface area contributed by atoms with E-state index < -0.39 is 5.97 Å². The summed E-state index contributed by atoms with van der Waals surface area (Å²) in [6.07, 6.45) is 0.0861. The van der Waals surface area contributed by atoms with Crippen LogP contribution in [0.2, 0.25) is 0 Å². The van der Waals surface area contributed by atoms with Crippen LogP contribution in [0.3, 0.4) is 0 Å². The number of hydrogen-bond acceptors (Lipinski definition) is 4. The molecule has 5 nitrogen and oxygen atoms in total. The Labute approximate surface area is 183 Å². The first kappa shape index (κ1) is 22.3. The zero-order valence-electron chi connectivity index (χ0n) is 18.8. The molecule has 0 radical (unpaired) electrons. The Morgan fingerprint density at radius 1 is 0.839 bits per heavy atom. The number of nitrogens with zero attached hydrogens (tertiary/aromatic N) is 1. The number of Topliss-reactive ketones (excluding diaryl/α,β-unsaturated/α-hetero) is 1. The number of aryl methyl sites for hydroxylation is 4. The van der Waals surface area contributed by atoms with Gasteiger partial charge in [-0.1, -0.05) is 23.8 Å². The second kappa shape index (κ2) is 9.65. The van der Waals surface area contributed by atoms with Gasteiger partial charge in [-0.15, -0.1) is 0 Å². The maximum atomic E-state index is 12.7. The molecule has 3 rings (SSSR count). The van der Waals surface area contributed by atoms with Crippen molar-refractivity contribution in [3.05, 3.63) is 82.2 Å². The third kappa shape index (κ3) is 5.63. The van der Waals surface area contributed by atoms with Crippen molar-refractivity contribution < 1.29 is 19.1 Å². The second-order valence-corrected chi connectivity index (χ2v) is 7.96. The van der Waals surface area contributed by atoms with Gasteiger partial charge in [0, 0.05) is 22.6 Å². The number of ketones is 1. The van der Waals surface area contributed by atoms with Crippen LogP contribution in [0.4, 0.5) is 0 Å². The van der Waals surface area contributed by atoms with E-state index in [-0.39, 0.29) is 25.4 Å². The number of rotatable bonds is 8. The summed E-state index contributed by atoms with van der Waals surface area (Å²) in [5.41, 5.74) is 6.86. The smallest absolute Gasteiger partial charge is 0.309 e. The molecule has 0 unspecified atom stereocenters. The predicted molar refractivity (Wildman–Crippen MR) is 121 cm³/mol. The quantitative estimate of drug-likeness (QED) is 0.371. The number of esters is 1. The zero-order valence-corrected chi connectivity index (χ0v) is 18.8. The third-order valence-electron chi connectivity index (χ3n) is 5.16. The lowest BCUT2D eigenvalue weighted by Crippen LogP contribution is -2.16. The van der Waals surface area contributed by atoms with E-state index in [4.69, 9.17) is 9.47 Å². The molecule has 0 bridgehead atoms. The molecular weight excluding hydrogens is 390 g/mol. The molecule has 0 atom stereocenters. The van der Waals surface area contributed by atoms with Gasteiger partial charge in [-0.05, 0) is 76.1 Å². The molecule has 1 aromatic heterocycles.